The topological polar surface area (TPSA) is 42.0 Å². The first-order chi connectivity index (χ1) is 12.8. The Kier molecular flexibility index (Phi) is 4.85. The number of hydrogen-bond acceptors (Lipinski definition) is 3. The third-order valence-corrected chi connectivity index (χ3v) is 4.87. The quantitative estimate of drug-likeness (QED) is 0.523. The Morgan fingerprint density at radius 2 is 1.12 bits per heavy atom. The molecule has 0 aliphatic carbocycles. The Labute approximate surface area is 153 Å². The van der Waals surface area contributed by atoms with Gasteiger partial charge in [-0.15, -0.1) is 0 Å². The van der Waals surface area contributed by atoms with Gasteiger partial charge in [-0.3, -0.25) is 0 Å². The van der Waals surface area contributed by atoms with Gasteiger partial charge in [-0.05, 0) is 16.7 Å². The maximum Gasteiger partial charge on any atom is 0.143 e. The Bertz CT molecular complexity index is 721. The molecular formula is C23H22O3. The molecule has 1 aliphatic heterocycles. The SMILES string of the molecule is OC[C@@H]1O[C@H]1COC(c1ccccc1)(c1ccccc1)c1ccccc1. The van der Waals surface area contributed by atoms with Crippen molar-refractivity contribution in [1.82, 2.24) is 0 Å². The third kappa shape index (κ3) is 3.17. The molecule has 1 fully saturated rings. The van der Waals surface area contributed by atoms with Gasteiger partial charge < -0.3 is 14.6 Å². The van der Waals surface area contributed by atoms with Crippen LogP contribution in [-0.4, -0.2) is 30.5 Å². The van der Waals surface area contributed by atoms with E-state index in [2.05, 4.69) is 36.4 Å². The van der Waals surface area contributed by atoms with Crippen LogP contribution in [0.4, 0.5) is 0 Å². The summed E-state index contributed by atoms with van der Waals surface area (Å²) in [6.45, 7) is 0.451. The maximum absolute atomic E-state index is 9.28. The zero-order valence-corrected chi connectivity index (χ0v) is 14.5. The molecular weight excluding hydrogens is 324 g/mol. The number of aliphatic hydroxyl groups is 1. The Morgan fingerprint density at radius 3 is 1.46 bits per heavy atom. The number of hydrogen-bond donors (Lipinski definition) is 1. The molecule has 1 N–H and O–H groups in total. The highest BCUT2D eigenvalue weighted by atomic mass is 16.6. The molecule has 3 aromatic rings. The van der Waals surface area contributed by atoms with Crippen LogP contribution in [0.3, 0.4) is 0 Å². The molecule has 0 bridgehead atoms. The van der Waals surface area contributed by atoms with Gasteiger partial charge in [0, 0.05) is 0 Å². The van der Waals surface area contributed by atoms with Crippen molar-refractivity contribution in [2.24, 2.45) is 0 Å². The zero-order valence-electron chi connectivity index (χ0n) is 14.5. The number of rotatable bonds is 7. The minimum atomic E-state index is -0.726. The predicted molar refractivity (Wildman–Crippen MR) is 101 cm³/mol. The van der Waals surface area contributed by atoms with E-state index in [0.29, 0.717) is 6.61 Å². The average molecular weight is 346 g/mol. The molecule has 1 aliphatic rings. The molecule has 3 aromatic carbocycles. The fourth-order valence-corrected chi connectivity index (χ4v) is 3.46. The number of benzene rings is 3. The highest BCUT2D eigenvalue weighted by Gasteiger charge is 2.43. The largest absolute Gasteiger partial charge is 0.394 e. The summed E-state index contributed by atoms with van der Waals surface area (Å²) in [6, 6.07) is 30.8. The van der Waals surface area contributed by atoms with Gasteiger partial charge in [-0.25, -0.2) is 0 Å². The van der Waals surface area contributed by atoms with E-state index >= 15 is 0 Å². The fourth-order valence-electron chi connectivity index (χ4n) is 3.46. The van der Waals surface area contributed by atoms with Crippen LogP contribution >= 0.6 is 0 Å². The molecule has 2 atom stereocenters. The molecule has 0 amide bonds. The summed E-state index contributed by atoms with van der Waals surface area (Å²) in [4.78, 5) is 0. The van der Waals surface area contributed by atoms with E-state index in [1.165, 1.54) is 0 Å². The minimum Gasteiger partial charge on any atom is -0.394 e. The molecule has 3 heteroatoms. The van der Waals surface area contributed by atoms with Crippen LogP contribution in [0.5, 0.6) is 0 Å². The van der Waals surface area contributed by atoms with Crippen molar-refractivity contribution in [3.05, 3.63) is 108 Å². The van der Waals surface area contributed by atoms with Crippen LogP contribution < -0.4 is 0 Å². The molecule has 4 rings (SSSR count). The molecule has 3 nitrogen and oxygen atoms in total. The van der Waals surface area contributed by atoms with Gasteiger partial charge in [0.1, 0.15) is 17.8 Å². The van der Waals surface area contributed by atoms with E-state index in [1.54, 1.807) is 0 Å². The first-order valence-electron chi connectivity index (χ1n) is 8.91. The van der Waals surface area contributed by atoms with Gasteiger partial charge in [-0.2, -0.15) is 0 Å². The Morgan fingerprint density at radius 1 is 0.692 bits per heavy atom. The molecule has 0 spiro atoms. The van der Waals surface area contributed by atoms with Gasteiger partial charge in [-0.1, -0.05) is 91.0 Å². The van der Waals surface area contributed by atoms with E-state index in [0.717, 1.165) is 16.7 Å². The van der Waals surface area contributed by atoms with Gasteiger partial charge in [0.2, 0.25) is 0 Å². The number of epoxide rings is 1. The zero-order chi connectivity index (χ0) is 17.8. The number of ether oxygens (including phenoxy) is 2. The van der Waals surface area contributed by atoms with E-state index in [1.807, 2.05) is 54.6 Å². The monoisotopic (exact) mass is 346 g/mol. The van der Waals surface area contributed by atoms with Crippen LogP contribution in [0.2, 0.25) is 0 Å². The summed E-state index contributed by atoms with van der Waals surface area (Å²) in [5.41, 5.74) is 2.48. The van der Waals surface area contributed by atoms with Crippen LogP contribution in [0.25, 0.3) is 0 Å². The molecule has 1 saturated heterocycles. The van der Waals surface area contributed by atoms with Gasteiger partial charge >= 0.3 is 0 Å². The predicted octanol–water partition coefficient (Wildman–Crippen LogP) is 3.75. The van der Waals surface area contributed by atoms with E-state index in [9.17, 15) is 5.11 Å². The Hall–Kier alpha value is -2.46. The molecule has 0 unspecified atom stereocenters. The maximum atomic E-state index is 9.28. The van der Waals surface area contributed by atoms with E-state index in [4.69, 9.17) is 9.47 Å². The van der Waals surface area contributed by atoms with Crippen LogP contribution in [0.1, 0.15) is 16.7 Å². The van der Waals surface area contributed by atoms with Crippen molar-refractivity contribution in [2.75, 3.05) is 13.2 Å². The van der Waals surface area contributed by atoms with Crippen molar-refractivity contribution in [1.29, 1.82) is 0 Å². The summed E-state index contributed by atoms with van der Waals surface area (Å²) in [7, 11) is 0. The standard InChI is InChI=1S/C23H22O3/c24-16-21-22(26-21)17-25-23(18-10-4-1-5-11-18,19-12-6-2-7-13-19)20-14-8-3-9-15-20/h1-15,21-22,24H,16-17H2/t21-,22-/m0/s1. The second kappa shape index (κ2) is 7.42. The van der Waals surface area contributed by atoms with Gasteiger partial charge in [0.05, 0.1) is 13.2 Å². The number of aliphatic hydroxyl groups excluding tert-OH is 1. The highest BCUT2D eigenvalue weighted by Crippen LogP contribution is 2.41. The van der Waals surface area contributed by atoms with Crippen molar-refractivity contribution < 1.29 is 14.6 Å². The molecule has 132 valence electrons. The molecule has 0 radical (unpaired) electrons. The second-order valence-corrected chi connectivity index (χ2v) is 6.49. The minimum absolute atomic E-state index is 0.0308. The lowest BCUT2D eigenvalue weighted by molar-refractivity contribution is 0.00425. The van der Waals surface area contributed by atoms with Crippen molar-refractivity contribution in [2.45, 2.75) is 17.8 Å². The van der Waals surface area contributed by atoms with Crippen LogP contribution in [-0.2, 0) is 15.1 Å². The van der Waals surface area contributed by atoms with Crippen molar-refractivity contribution in [3.63, 3.8) is 0 Å². The van der Waals surface area contributed by atoms with Gasteiger partial charge in [0.25, 0.3) is 0 Å². The Balaban J connectivity index is 1.83. The third-order valence-electron chi connectivity index (χ3n) is 4.87. The lowest BCUT2D eigenvalue weighted by Crippen LogP contribution is -2.34. The molecule has 0 aromatic heterocycles. The first kappa shape index (κ1) is 17.0. The lowest BCUT2D eigenvalue weighted by Gasteiger charge is -2.35. The average Bonchev–Trinajstić information content (AvgIpc) is 3.50. The van der Waals surface area contributed by atoms with E-state index < -0.39 is 5.60 Å². The van der Waals surface area contributed by atoms with Crippen molar-refractivity contribution >= 4 is 0 Å². The molecule has 26 heavy (non-hydrogen) atoms. The van der Waals surface area contributed by atoms with Gasteiger partial charge in [0.15, 0.2) is 0 Å². The highest BCUT2D eigenvalue weighted by molar-refractivity contribution is 5.47. The lowest BCUT2D eigenvalue weighted by atomic mass is 9.80. The van der Waals surface area contributed by atoms with E-state index in [-0.39, 0.29) is 18.8 Å². The fraction of sp³-hybridized carbons (Fsp3) is 0.217. The molecule has 0 saturated carbocycles. The summed E-state index contributed by atoms with van der Waals surface area (Å²) in [5.74, 6) is 0. The summed E-state index contributed by atoms with van der Waals surface area (Å²) >= 11 is 0. The van der Waals surface area contributed by atoms with Crippen molar-refractivity contribution in [3.8, 4) is 0 Å². The summed E-state index contributed by atoms with van der Waals surface area (Å²) in [6.07, 6.45) is -0.175. The van der Waals surface area contributed by atoms with Crippen LogP contribution in [0, 0.1) is 0 Å². The molecule has 1 heterocycles. The first-order valence-corrected chi connectivity index (χ1v) is 8.91. The smallest absolute Gasteiger partial charge is 0.143 e. The summed E-state index contributed by atoms with van der Waals surface area (Å²) < 4.78 is 12.1. The van der Waals surface area contributed by atoms with Crippen LogP contribution in [0.15, 0.2) is 91.0 Å². The normalized spacial score (nSPS) is 19.3. The second-order valence-electron chi connectivity index (χ2n) is 6.49. The summed E-state index contributed by atoms with van der Waals surface area (Å²) in [5, 5.41) is 9.28.